The van der Waals surface area contributed by atoms with Gasteiger partial charge in [0.15, 0.2) is 0 Å². The molecule has 0 aromatic rings. The van der Waals surface area contributed by atoms with E-state index >= 15 is 0 Å². The number of carbonyl (C=O) groups is 1. The fraction of sp³-hybridized carbons (Fsp3) is 0.409. The van der Waals surface area contributed by atoms with Crippen LogP contribution in [0.2, 0.25) is 0 Å². The van der Waals surface area contributed by atoms with Gasteiger partial charge in [-0.1, -0.05) is 79.8 Å². The van der Waals surface area contributed by atoms with Crippen LogP contribution in [0.25, 0.3) is 0 Å². The minimum Gasteiger partial charge on any atom is -0.481 e. The summed E-state index contributed by atoms with van der Waals surface area (Å²) in [5.41, 5.74) is 0. The largest absolute Gasteiger partial charge is 0.481 e. The van der Waals surface area contributed by atoms with Crippen LogP contribution in [0.1, 0.15) is 45.4 Å². The van der Waals surface area contributed by atoms with E-state index in [0.29, 0.717) is 19.3 Å². The van der Waals surface area contributed by atoms with Crippen molar-refractivity contribution in [2.24, 2.45) is 0 Å². The predicted octanol–water partition coefficient (Wildman–Crippen LogP) is 5.49. The van der Waals surface area contributed by atoms with Gasteiger partial charge in [0, 0.05) is 6.42 Å². The summed E-state index contributed by atoms with van der Waals surface area (Å²) in [7, 11) is 0. The first-order valence-electron chi connectivity index (χ1n) is 9.42. The predicted molar refractivity (Wildman–Crippen MR) is 111 cm³/mol. The lowest BCUT2D eigenvalue weighted by molar-refractivity contribution is -0.264. The highest BCUT2D eigenvalue weighted by Crippen LogP contribution is 2.04. The molecule has 0 rings (SSSR count). The van der Waals surface area contributed by atoms with Crippen LogP contribution in [0.5, 0.6) is 0 Å². The van der Waals surface area contributed by atoms with Crippen LogP contribution in [0.15, 0.2) is 72.9 Å². The van der Waals surface area contributed by atoms with Crippen molar-refractivity contribution in [1.29, 1.82) is 0 Å². The van der Waals surface area contributed by atoms with Crippen LogP contribution in [-0.4, -0.2) is 33.8 Å². The molecule has 0 spiro atoms. The minimum absolute atomic E-state index is 0.0797. The number of hydrogen-bond acceptors (Lipinski definition) is 5. The number of allylic oxidation sites excluding steroid dienone is 8. The molecule has 0 saturated heterocycles. The smallest absolute Gasteiger partial charge is 0.303 e. The summed E-state index contributed by atoms with van der Waals surface area (Å²) >= 11 is 0. The average molecular weight is 392 g/mol. The molecule has 6 heteroatoms. The second-order valence-corrected chi connectivity index (χ2v) is 5.90. The summed E-state index contributed by atoms with van der Waals surface area (Å²) in [6.45, 7) is 2.09. The lowest BCUT2D eigenvalue weighted by Crippen LogP contribution is -2.05. The molecule has 2 atom stereocenters. The Balaban J connectivity index is 4.20. The molecule has 6 nitrogen and oxygen atoms in total. The van der Waals surface area contributed by atoms with Gasteiger partial charge in [0.25, 0.3) is 0 Å². The summed E-state index contributed by atoms with van der Waals surface area (Å²) < 4.78 is 0. The van der Waals surface area contributed by atoms with E-state index in [1.54, 1.807) is 48.6 Å². The molecule has 0 aromatic heterocycles. The first-order valence-corrected chi connectivity index (χ1v) is 9.42. The van der Waals surface area contributed by atoms with Crippen molar-refractivity contribution in [3.05, 3.63) is 72.9 Å². The quantitative estimate of drug-likeness (QED) is 0.139. The standard InChI is InChI=1S/C22H32O6/c1-2-3-4-5-6-10-15-20(27-25)16-11-7-8-12-17-21(28-26)18-13-9-14-19-22(23)24/h3-4,6-13,16-17,20-21,25-26H,2,5,14-15,18-19H2,1H3,(H,23,24)/b4-3-,8-7-,10-6-,13-9-,16-11+,17-12+/t20-,21+/m0/s1. The fourth-order valence-corrected chi connectivity index (χ4v) is 2.04. The molecule has 156 valence electrons. The molecule has 0 aliphatic heterocycles. The van der Waals surface area contributed by atoms with Crippen LogP contribution < -0.4 is 0 Å². The Morgan fingerprint density at radius 2 is 1.36 bits per heavy atom. The Bertz CT molecular complexity index is 557. The molecular weight excluding hydrogens is 360 g/mol. The second kappa shape index (κ2) is 19.5. The maximum atomic E-state index is 10.4. The van der Waals surface area contributed by atoms with Gasteiger partial charge in [-0.3, -0.25) is 15.3 Å². The summed E-state index contributed by atoms with van der Waals surface area (Å²) in [6.07, 6.45) is 24.6. The van der Waals surface area contributed by atoms with Crippen molar-refractivity contribution in [3.8, 4) is 0 Å². The van der Waals surface area contributed by atoms with Gasteiger partial charge < -0.3 is 5.11 Å². The molecule has 28 heavy (non-hydrogen) atoms. The zero-order valence-electron chi connectivity index (χ0n) is 16.4. The SMILES string of the molecule is CC/C=C\C/C=C\C[C@@H](/C=C/C=C\C=C\[C@H](C/C=C\CCC(=O)O)OO)OO. The molecule has 0 bridgehead atoms. The molecule has 3 N–H and O–H groups in total. The zero-order valence-corrected chi connectivity index (χ0v) is 16.4. The van der Waals surface area contributed by atoms with E-state index in [2.05, 4.69) is 28.9 Å². The lowest BCUT2D eigenvalue weighted by Gasteiger charge is -2.04. The summed E-state index contributed by atoms with van der Waals surface area (Å²) in [5.74, 6) is -0.841. The number of rotatable bonds is 16. The van der Waals surface area contributed by atoms with E-state index in [-0.39, 0.29) is 6.42 Å². The van der Waals surface area contributed by atoms with E-state index in [4.69, 9.17) is 15.6 Å². The van der Waals surface area contributed by atoms with E-state index in [0.717, 1.165) is 12.8 Å². The molecule has 0 saturated carbocycles. The molecule has 0 aliphatic rings. The number of carboxylic acid groups (broad SMARTS) is 1. The molecule has 0 heterocycles. The molecule has 0 aliphatic carbocycles. The van der Waals surface area contributed by atoms with Crippen molar-refractivity contribution in [2.45, 2.75) is 57.7 Å². The molecule has 0 radical (unpaired) electrons. The van der Waals surface area contributed by atoms with Crippen LogP contribution in [0, 0.1) is 0 Å². The fourth-order valence-electron chi connectivity index (χ4n) is 2.04. The summed E-state index contributed by atoms with van der Waals surface area (Å²) in [6, 6.07) is 0. The van der Waals surface area contributed by atoms with Crippen LogP contribution in [0.4, 0.5) is 0 Å². The van der Waals surface area contributed by atoms with E-state index in [1.807, 2.05) is 12.2 Å². The van der Waals surface area contributed by atoms with E-state index < -0.39 is 18.2 Å². The maximum Gasteiger partial charge on any atom is 0.303 e. The third-order valence-electron chi connectivity index (χ3n) is 3.53. The van der Waals surface area contributed by atoms with Crippen molar-refractivity contribution in [1.82, 2.24) is 0 Å². The molecule has 0 amide bonds. The van der Waals surface area contributed by atoms with E-state index in [9.17, 15) is 4.79 Å². The number of carboxylic acids is 1. The number of aliphatic carboxylic acids is 1. The van der Waals surface area contributed by atoms with Gasteiger partial charge in [-0.05, 0) is 32.1 Å². The van der Waals surface area contributed by atoms with Crippen molar-refractivity contribution >= 4 is 5.97 Å². The molecule has 0 aromatic carbocycles. The van der Waals surface area contributed by atoms with E-state index in [1.165, 1.54) is 0 Å². The van der Waals surface area contributed by atoms with Crippen LogP contribution in [0.3, 0.4) is 0 Å². The Hall–Kier alpha value is -2.25. The van der Waals surface area contributed by atoms with Gasteiger partial charge >= 0.3 is 5.97 Å². The first kappa shape index (κ1) is 25.8. The normalized spacial score (nSPS) is 15.2. The van der Waals surface area contributed by atoms with Crippen LogP contribution >= 0.6 is 0 Å². The summed E-state index contributed by atoms with van der Waals surface area (Å²) in [5, 5.41) is 26.3. The third-order valence-corrected chi connectivity index (χ3v) is 3.53. The topological polar surface area (TPSA) is 96.2 Å². The third kappa shape index (κ3) is 17.2. The average Bonchev–Trinajstić information content (AvgIpc) is 2.69. The molecular formula is C22H32O6. The Morgan fingerprint density at radius 3 is 1.86 bits per heavy atom. The maximum absolute atomic E-state index is 10.4. The Labute approximate surface area is 167 Å². The Kier molecular flexibility index (Phi) is 17.9. The van der Waals surface area contributed by atoms with Crippen molar-refractivity contribution in [2.75, 3.05) is 0 Å². The van der Waals surface area contributed by atoms with Crippen LogP contribution in [-0.2, 0) is 14.6 Å². The Morgan fingerprint density at radius 1 is 0.821 bits per heavy atom. The van der Waals surface area contributed by atoms with Gasteiger partial charge in [-0.2, -0.15) is 0 Å². The highest BCUT2D eigenvalue weighted by Gasteiger charge is 2.01. The summed E-state index contributed by atoms with van der Waals surface area (Å²) in [4.78, 5) is 19.2. The highest BCUT2D eigenvalue weighted by atomic mass is 17.1. The monoisotopic (exact) mass is 392 g/mol. The molecule has 0 unspecified atom stereocenters. The van der Waals surface area contributed by atoms with Crippen molar-refractivity contribution in [3.63, 3.8) is 0 Å². The second-order valence-electron chi connectivity index (χ2n) is 5.90. The van der Waals surface area contributed by atoms with Crippen molar-refractivity contribution < 1.29 is 30.2 Å². The first-order chi connectivity index (χ1) is 13.6. The highest BCUT2D eigenvalue weighted by molar-refractivity contribution is 5.66. The molecule has 0 fully saturated rings. The number of hydrogen-bond donors (Lipinski definition) is 3. The van der Waals surface area contributed by atoms with Gasteiger partial charge in [-0.25, -0.2) is 9.78 Å². The van der Waals surface area contributed by atoms with Gasteiger partial charge in [-0.15, -0.1) is 0 Å². The van der Waals surface area contributed by atoms with Gasteiger partial charge in [0.05, 0.1) is 0 Å². The zero-order chi connectivity index (χ0) is 20.9. The minimum atomic E-state index is -0.841. The van der Waals surface area contributed by atoms with Gasteiger partial charge in [0.2, 0.25) is 0 Å². The lowest BCUT2D eigenvalue weighted by atomic mass is 10.2. The van der Waals surface area contributed by atoms with Gasteiger partial charge in [0.1, 0.15) is 12.2 Å².